The maximum atomic E-state index is 8.16. The van der Waals surface area contributed by atoms with Gasteiger partial charge in [-0.15, -0.1) is 0 Å². The van der Waals surface area contributed by atoms with Crippen LogP contribution < -0.4 is 0 Å². The van der Waals surface area contributed by atoms with Crippen molar-refractivity contribution in [3.63, 3.8) is 0 Å². The maximum Gasteiger partial charge on any atom is 0.0988 e. The van der Waals surface area contributed by atoms with Crippen LogP contribution in [0.25, 0.3) is 0 Å². The molecular formula is C4H6Br2O. The first-order valence-corrected chi connectivity index (χ1v) is 3.34. The standard InChI is InChI=1S/C4H6Br2O/c1-4(5,6)2-3-7/h2-3,7H,1H3. The lowest BCUT2D eigenvalue weighted by Gasteiger charge is -2.03. The molecule has 0 heterocycles. The van der Waals surface area contributed by atoms with Crippen molar-refractivity contribution in [1.29, 1.82) is 0 Å². The highest BCUT2D eigenvalue weighted by atomic mass is 79.9. The number of hydrogen-bond acceptors (Lipinski definition) is 1. The SMILES string of the molecule is CC(Br)(Br)C=CO. The van der Waals surface area contributed by atoms with Crippen LogP contribution in [0.15, 0.2) is 12.3 Å². The van der Waals surface area contributed by atoms with Gasteiger partial charge in [0.2, 0.25) is 0 Å². The van der Waals surface area contributed by atoms with E-state index in [-0.39, 0.29) is 3.23 Å². The molecule has 0 spiro atoms. The molecule has 42 valence electrons. The lowest BCUT2D eigenvalue weighted by molar-refractivity contribution is 0.471. The molecule has 0 atom stereocenters. The van der Waals surface area contributed by atoms with Gasteiger partial charge in [-0.25, -0.2) is 0 Å². The van der Waals surface area contributed by atoms with E-state index in [1.54, 1.807) is 6.08 Å². The molecule has 0 aliphatic carbocycles. The average Bonchev–Trinajstić information content (AvgIpc) is 1.30. The lowest BCUT2D eigenvalue weighted by atomic mass is 10.5. The monoisotopic (exact) mass is 228 g/mol. The van der Waals surface area contributed by atoms with Gasteiger partial charge in [-0.2, -0.15) is 0 Å². The molecule has 0 fully saturated rings. The zero-order valence-corrected chi connectivity index (χ0v) is 7.03. The van der Waals surface area contributed by atoms with Crippen molar-refractivity contribution in [3.8, 4) is 0 Å². The van der Waals surface area contributed by atoms with E-state index in [2.05, 4.69) is 31.9 Å². The second-order valence-electron chi connectivity index (χ2n) is 1.27. The van der Waals surface area contributed by atoms with Gasteiger partial charge >= 0.3 is 0 Å². The molecule has 0 aliphatic rings. The molecule has 0 bridgehead atoms. The van der Waals surface area contributed by atoms with Gasteiger partial charge in [-0.3, -0.25) is 0 Å². The summed E-state index contributed by atoms with van der Waals surface area (Å²) in [6.45, 7) is 1.86. The van der Waals surface area contributed by atoms with E-state index in [9.17, 15) is 0 Å². The van der Waals surface area contributed by atoms with Crippen molar-refractivity contribution in [2.45, 2.75) is 10.2 Å². The number of aliphatic hydroxyl groups is 1. The molecule has 0 saturated heterocycles. The van der Waals surface area contributed by atoms with Gasteiger partial charge in [-0.05, 0) is 13.0 Å². The number of halogens is 2. The predicted molar refractivity (Wildman–Crippen MR) is 38.0 cm³/mol. The van der Waals surface area contributed by atoms with Crippen molar-refractivity contribution < 1.29 is 5.11 Å². The highest BCUT2D eigenvalue weighted by molar-refractivity contribution is 9.25. The first-order chi connectivity index (χ1) is 3.06. The van der Waals surface area contributed by atoms with Gasteiger partial charge in [-0.1, -0.05) is 31.9 Å². The van der Waals surface area contributed by atoms with Crippen molar-refractivity contribution in [1.82, 2.24) is 0 Å². The van der Waals surface area contributed by atoms with E-state index < -0.39 is 0 Å². The minimum absolute atomic E-state index is 0.255. The van der Waals surface area contributed by atoms with Crippen molar-refractivity contribution in [2.24, 2.45) is 0 Å². The number of hydrogen-bond donors (Lipinski definition) is 1. The molecule has 0 rings (SSSR count). The number of aliphatic hydroxyl groups excluding tert-OH is 1. The second kappa shape index (κ2) is 2.72. The fourth-order valence-corrected chi connectivity index (χ4v) is 0.367. The molecule has 7 heavy (non-hydrogen) atoms. The molecule has 3 heteroatoms. The molecule has 0 radical (unpaired) electrons. The smallest absolute Gasteiger partial charge is 0.0988 e. The molecule has 1 N–H and O–H groups in total. The summed E-state index contributed by atoms with van der Waals surface area (Å²) in [6.07, 6.45) is 2.57. The minimum Gasteiger partial charge on any atom is -0.516 e. The van der Waals surface area contributed by atoms with Crippen LogP contribution >= 0.6 is 31.9 Å². The van der Waals surface area contributed by atoms with Crippen molar-refractivity contribution in [2.75, 3.05) is 0 Å². The molecule has 0 aromatic rings. The maximum absolute atomic E-state index is 8.16. The molecule has 0 unspecified atom stereocenters. The number of rotatable bonds is 1. The molecule has 1 nitrogen and oxygen atoms in total. The Bertz CT molecular complexity index is 72.2. The van der Waals surface area contributed by atoms with Gasteiger partial charge in [0, 0.05) is 0 Å². The van der Waals surface area contributed by atoms with Gasteiger partial charge in [0.25, 0.3) is 0 Å². The molecule has 0 aliphatic heterocycles. The summed E-state index contributed by atoms with van der Waals surface area (Å²) in [5, 5.41) is 8.16. The third-order valence-electron chi connectivity index (χ3n) is 0.367. The minimum atomic E-state index is -0.255. The average molecular weight is 230 g/mol. The van der Waals surface area contributed by atoms with Crippen LogP contribution in [0.5, 0.6) is 0 Å². The summed E-state index contributed by atoms with van der Waals surface area (Å²) in [7, 11) is 0. The van der Waals surface area contributed by atoms with Crippen LogP contribution in [0.3, 0.4) is 0 Å². The Labute approximate surface area is 59.7 Å². The van der Waals surface area contributed by atoms with Gasteiger partial charge in [0.05, 0.1) is 9.50 Å². The van der Waals surface area contributed by atoms with Gasteiger partial charge in [0.15, 0.2) is 0 Å². The van der Waals surface area contributed by atoms with Crippen molar-refractivity contribution >= 4 is 31.9 Å². The summed E-state index contributed by atoms with van der Waals surface area (Å²) in [6, 6.07) is 0. The second-order valence-corrected chi connectivity index (χ2v) is 5.63. The lowest BCUT2D eigenvalue weighted by Crippen LogP contribution is -1.96. The van der Waals surface area contributed by atoms with E-state index in [0.29, 0.717) is 0 Å². The Kier molecular flexibility index (Phi) is 2.92. The summed E-state index contributed by atoms with van der Waals surface area (Å²) < 4.78 is -0.255. The van der Waals surface area contributed by atoms with Crippen LogP contribution in [0.2, 0.25) is 0 Å². The first-order valence-electron chi connectivity index (χ1n) is 1.76. The van der Waals surface area contributed by atoms with Gasteiger partial charge < -0.3 is 5.11 Å². The topological polar surface area (TPSA) is 20.2 Å². The van der Waals surface area contributed by atoms with E-state index in [1.165, 1.54) is 0 Å². The summed E-state index contributed by atoms with van der Waals surface area (Å²) in [4.78, 5) is 0. The van der Waals surface area contributed by atoms with Crippen LogP contribution in [0, 0.1) is 0 Å². The summed E-state index contributed by atoms with van der Waals surface area (Å²) >= 11 is 6.42. The number of alkyl halides is 2. The van der Waals surface area contributed by atoms with Crippen LogP contribution in [-0.4, -0.2) is 8.34 Å². The van der Waals surface area contributed by atoms with Gasteiger partial charge in [0.1, 0.15) is 0 Å². The van der Waals surface area contributed by atoms with E-state index in [4.69, 9.17) is 5.11 Å². The van der Waals surface area contributed by atoms with Crippen LogP contribution in [0.4, 0.5) is 0 Å². The molecule has 0 amide bonds. The molecule has 0 aromatic heterocycles. The Morgan fingerprint density at radius 1 is 1.57 bits per heavy atom. The third-order valence-corrected chi connectivity index (χ3v) is 0.896. The largest absolute Gasteiger partial charge is 0.516 e. The van der Waals surface area contributed by atoms with Crippen LogP contribution in [0.1, 0.15) is 6.92 Å². The fourth-order valence-electron chi connectivity index (χ4n) is 0.131. The number of allylic oxidation sites excluding steroid dienone is 1. The summed E-state index contributed by atoms with van der Waals surface area (Å²) in [5.74, 6) is 0. The predicted octanol–water partition coefficient (Wildman–Crippen LogP) is 2.56. The zero-order chi connectivity index (χ0) is 5.91. The van der Waals surface area contributed by atoms with Crippen molar-refractivity contribution in [3.05, 3.63) is 12.3 Å². The normalized spacial score (nSPS) is 13.0. The van der Waals surface area contributed by atoms with E-state index in [1.807, 2.05) is 6.92 Å². The quantitative estimate of drug-likeness (QED) is 0.542. The highest BCUT2D eigenvalue weighted by Gasteiger charge is 2.07. The fraction of sp³-hybridized carbons (Fsp3) is 0.500. The highest BCUT2D eigenvalue weighted by Crippen LogP contribution is 2.25. The Hall–Kier alpha value is 0.500. The first kappa shape index (κ1) is 7.50. The zero-order valence-electron chi connectivity index (χ0n) is 3.86. The van der Waals surface area contributed by atoms with Crippen LogP contribution in [-0.2, 0) is 0 Å². The van der Waals surface area contributed by atoms with E-state index >= 15 is 0 Å². The van der Waals surface area contributed by atoms with E-state index in [0.717, 1.165) is 6.26 Å². The Morgan fingerprint density at radius 2 is 2.00 bits per heavy atom. The molecule has 0 saturated carbocycles. The molecular weight excluding hydrogens is 224 g/mol. The third kappa shape index (κ3) is 6.50. The molecule has 0 aromatic carbocycles. The summed E-state index contributed by atoms with van der Waals surface area (Å²) in [5.41, 5.74) is 0. The Balaban J connectivity index is 3.56. The Morgan fingerprint density at radius 3 is 2.00 bits per heavy atom.